The summed E-state index contributed by atoms with van der Waals surface area (Å²) in [6.07, 6.45) is -1.45. The summed E-state index contributed by atoms with van der Waals surface area (Å²) < 4.78 is 5.16. The third-order valence-electron chi connectivity index (χ3n) is 9.05. The first-order chi connectivity index (χ1) is 23.5. The molecule has 0 radical (unpaired) electrons. The van der Waals surface area contributed by atoms with Crippen LogP contribution in [0.15, 0.2) is 54.6 Å². The lowest BCUT2D eigenvalue weighted by atomic mass is 9.93. The first-order valence-electron chi connectivity index (χ1n) is 16.5. The monoisotopic (exact) mass is 732 g/mol. The Kier molecular flexibility index (Phi) is 15.5. The number of likely N-dealkylation sites (tertiary alicyclic amines) is 1. The highest BCUT2D eigenvalue weighted by molar-refractivity contribution is 5.94. The number of nitrogens with one attached hydrogen (secondary N) is 3. The summed E-state index contributed by atoms with van der Waals surface area (Å²) in [4.78, 5) is 79.0. The van der Waals surface area contributed by atoms with Crippen LogP contribution < -0.4 is 37.1 Å². The molecule has 0 aliphatic carbocycles. The fraction of sp³-hybridized carbons (Fsp3) is 0.486. The number of hydrogen-bond acceptors (Lipinski definition) is 9. The number of primary amides is 2. The van der Waals surface area contributed by atoms with Gasteiger partial charge in [-0.2, -0.15) is 0 Å². The molecule has 2 aromatic rings. The standard InChI is InChI=1S/C35H49N7O8.ClH/c1-35(2,3)42(17-9-12-27(42)32(37)47)34(49)31(46)25(18-22-10-7-6-8-11-22)40-33(48)26(19-28(36)43)39-29(44)21-50-24-15-13-23(14-16-24)41(5)30(45)20-38-4;/h6-8,10-11,13-16,25-27,31,38,46H,9,12,17-21H2,1-5H3,(H5-,36,37,39,40,43,44,47,48);1H/p+1/t25-,26-,27-,31-,42?;/m0./s1. The van der Waals surface area contributed by atoms with Gasteiger partial charge in [-0.05, 0) is 64.1 Å². The highest BCUT2D eigenvalue weighted by Crippen LogP contribution is 2.38. The maximum atomic E-state index is 14.3. The molecule has 8 N–H and O–H groups in total. The van der Waals surface area contributed by atoms with E-state index >= 15 is 0 Å². The van der Waals surface area contributed by atoms with Crippen molar-refractivity contribution in [1.29, 1.82) is 0 Å². The lowest BCUT2D eigenvalue weighted by molar-refractivity contribution is -0.904. The van der Waals surface area contributed by atoms with Crippen molar-refractivity contribution in [3.63, 3.8) is 0 Å². The van der Waals surface area contributed by atoms with E-state index in [1.165, 1.54) is 4.90 Å². The van der Waals surface area contributed by atoms with Crippen LogP contribution in [0.2, 0.25) is 0 Å². The topological polar surface area (TPSA) is 223 Å². The van der Waals surface area contributed by atoms with Crippen LogP contribution in [0.4, 0.5) is 5.69 Å². The van der Waals surface area contributed by atoms with Gasteiger partial charge in [0, 0.05) is 25.6 Å². The number of nitrogens with two attached hydrogens (primary N) is 2. The quantitative estimate of drug-likeness (QED) is 0.127. The van der Waals surface area contributed by atoms with E-state index in [0.717, 1.165) is 0 Å². The first kappa shape index (κ1) is 42.6. The summed E-state index contributed by atoms with van der Waals surface area (Å²) in [5, 5.41) is 19.6. The molecule has 16 heteroatoms. The minimum absolute atomic E-state index is 0. The molecule has 0 saturated carbocycles. The van der Waals surface area contributed by atoms with Gasteiger partial charge in [0.1, 0.15) is 11.8 Å². The van der Waals surface area contributed by atoms with Crippen molar-refractivity contribution in [3.8, 4) is 5.75 Å². The smallest absolute Gasteiger partial charge is 0.345 e. The summed E-state index contributed by atoms with van der Waals surface area (Å²) in [6, 6.07) is 11.7. The predicted molar refractivity (Wildman–Crippen MR) is 192 cm³/mol. The number of quaternary nitrogens is 1. The number of amides is 6. The van der Waals surface area contributed by atoms with E-state index in [1.54, 1.807) is 89.5 Å². The molecule has 1 unspecified atom stereocenters. The number of aliphatic hydroxyl groups is 1. The largest absolute Gasteiger partial charge is 0.484 e. The van der Waals surface area contributed by atoms with Crippen LogP contribution in [0, 0.1) is 0 Å². The van der Waals surface area contributed by atoms with Gasteiger partial charge in [0.05, 0.1) is 31.1 Å². The number of benzene rings is 2. The van der Waals surface area contributed by atoms with Crippen LogP contribution in [-0.4, -0.2) is 109 Å². The van der Waals surface area contributed by atoms with E-state index in [9.17, 15) is 33.9 Å². The summed E-state index contributed by atoms with van der Waals surface area (Å²) in [7, 11) is 3.29. The molecule has 1 fully saturated rings. The maximum absolute atomic E-state index is 14.3. The number of nitrogens with zero attached hydrogens (tertiary/aromatic N) is 2. The Balaban J connectivity index is 0.00000901. The molecule has 0 bridgehead atoms. The number of carbonyl (C=O) groups is 6. The molecule has 1 heterocycles. The number of aliphatic hydroxyl groups excluding tert-OH is 1. The van der Waals surface area contributed by atoms with Crippen molar-refractivity contribution in [3.05, 3.63) is 60.2 Å². The van der Waals surface area contributed by atoms with Gasteiger partial charge >= 0.3 is 5.91 Å². The Bertz CT molecular complexity index is 1540. The maximum Gasteiger partial charge on any atom is 0.345 e. The van der Waals surface area contributed by atoms with Crippen molar-refractivity contribution in [2.75, 3.05) is 38.7 Å². The van der Waals surface area contributed by atoms with Gasteiger partial charge in [-0.15, -0.1) is 12.4 Å². The van der Waals surface area contributed by atoms with Crippen molar-refractivity contribution < 1.29 is 43.1 Å². The number of anilines is 1. The lowest BCUT2D eigenvalue weighted by Gasteiger charge is -2.47. The molecule has 51 heavy (non-hydrogen) atoms. The molecule has 0 spiro atoms. The minimum atomic E-state index is -1.79. The van der Waals surface area contributed by atoms with Crippen molar-refractivity contribution in [2.45, 2.75) is 76.2 Å². The molecule has 1 saturated heterocycles. The number of likely N-dealkylation sites (N-methyl/N-ethyl adjacent to an activating group) is 2. The van der Waals surface area contributed by atoms with E-state index in [1.807, 2.05) is 0 Å². The van der Waals surface area contributed by atoms with Gasteiger partial charge in [-0.1, -0.05) is 30.3 Å². The molecule has 280 valence electrons. The number of ether oxygens (including phenoxy) is 1. The lowest BCUT2D eigenvalue weighted by Crippen LogP contribution is -2.72. The second-order valence-corrected chi connectivity index (χ2v) is 13.5. The normalized spacial score (nSPS) is 18.7. The third kappa shape index (κ3) is 10.7. The summed E-state index contributed by atoms with van der Waals surface area (Å²) in [5.74, 6) is -3.66. The van der Waals surface area contributed by atoms with Crippen LogP contribution >= 0.6 is 12.4 Å². The van der Waals surface area contributed by atoms with Crippen LogP contribution in [0.1, 0.15) is 45.6 Å². The van der Waals surface area contributed by atoms with E-state index in [4.69, 9.17) is 16.2 Å². The zero-order chi connectivity index (χ0) is 37.2. The van der Waals surface area contributed by atoms with E-state index in [0.29, 0.717) is 29.8 Å². The van der Waals surface area contributed by atoms with Gasteiger partial charge in [0.15, 0.2) is 18.8 Å². The molecule has 2 aromatic carbocycles. The fourth-order valence-corrected chi connectivity index (χ4v) is 6.44. The molecule has 1 aliphatic rings. The molecular weight excluding hydrogens is 682 g/mol. The predicted octanol–water partition coefficient (Wildman–Crippen LogP) is -0.0924. The van der Waals surface area contributed by atoms with Crippen LogP contribution in [-0.2, 0) is 35.2 Å². The molecule has 0 aromatic heterocycles. The highest BCUT2D eigenvalue weighted by atomic mass is 35.5. The summed E-state index contributed by atoms with van der Waals surface area (Å²) in [5.41, 5.74) is 11.6. The number of halogens is 1. The van der Waals surface area contributed by atoms with E-state index in [2.05, 4.69) is 16.0 Å². The van der Waals surface area contributed by atoms with Gasteiger partial charge < -0.3 is 42.2 Å². The van der Waals surface area contributed by atoms with Crippen LogP contribution in [0.25, 0.3) is 0 Å². The molecule has 15 nitrogen and oxygen atoms in total. The Morgan fingerprint density at radius 1 is 1.00 bits per heavy atom. The third-order valence-corrected chi connectivity index (χ3v) is 9.05. The van der Waals surface area contributed by atoms with E-state index in [-0.39, 0.29) is 37.8 Å². The SMILES string of the molecule is CNCC(=O)N(C)c1ccc(OCC(=O)N[C@@H](CC(N)=O)C(=O)N[C@@H](Cc2ccccc2)[C@H](O)C(=O)[N+]2(C(C)(C)C)CCC[C@H]2C(N)=O)cc1.Cl. The van der Waals surface area contributed by atoms with Crippen LogP contribution in [0.5, 0.6) is 5.75 Å². The Hall–Kier alpha value is -4.57. The molecule has 3 rings (SSSR count). The zero-order valence-corrected chi connectivity index (χ0v) is 30.5. The molecular formula is C35H51ClN7O8+. The Morgan fingerprint density at radius 2 is 1.63 bits per heavy atom. The molecule has 5 atom stereocenters. The summed E-state index contributed by atoms with van der Waals surface area (Å²) in [6.45, 7) is 5.29. The molecule has 1 aliphatic heterocycles. The van der Waals surface area contributed by atoms with Crippen molar-refractivity contribution in [1.82, 2.24) is 16.0 Å². The Labute approximate surface area is 304 Å². The number of carbonyl (C=O) groups excluding carboxylic acids is 6. The van der Waals surface area contributed by atoms with Gasteiger partial charge in [0.2, 0.25) is 17.7 Å². The molecule has 6 amide bonds. The number of hydrogen-bond donors (Lipinski definition) is 6. The minimum Gasteiger partial charge on any atom is -0.484 e. The summed E-state index contributed by atoms with van der Waals surface area (Å²) >= 11 is 0. The van der Waals surface area contributed by atoms with Crippen molar-refractivity contribution >= 4 is 53.5 Å². The van der Waals surface area contributed by atoms with Gasteiger partial charge in [-0.25, -0.2) is 9.28 Å². The van der Waals surface area contributed by atoms with Gasteiger partial charge in [0.25, 0.3) is 11.8 Å². The average molecular weight is 733 g/mol. The Morgan fingerprint density at radius 3 is 2.18 bits per heavy atom. The number of rotatable bonds is 16. The average Bonchev–Trinajstić information content (AvgIpc) is 3.54. The second kappa shape index (κ2) is 18.6. The van der Waals surface area contributed by atoms with Crippen LogP contribution in [0.3, 0.4) is 0 Å². The van der Waals surface area contributed by atoms with Gasteiger partial charge in [-0.3, -0.25) is 24.0 Å². The zero-order valence-electron chi connectivity index (χ0n) is 29.7. The highest BCUT2D eigenvalue weighted by Gasteiger charge is 2.60. The van der Waals surface area contributed by atoms with Crippen molar-refractivity contribution in [2.24, 2.45) is 11.5 Å². The van der Waals surface area contributed by atoms with E-state index < -0.39 is 76.8 Å². The first-order valence-corrected chi connectivity index (χ1v) is 16.5. The fourth-order valence-electron chi connectivity index (χ4n) is 6.44. The second-order valence-electron chi connectivity index (χ2n) is 13.5.